The first kappa shape index (κ1) is 17.3. The molecule has 10 nitrogen and oxygen atoms in total. The van der Waals surface area contributed by atoms with Crippen LogP contribution in [0.1, 0.15) is 0 Å². The minimum atomic E-state index is -5.46. The Kier molecular flexibility index (Phi) is 6.58. The van der Waals surface area contributed by atoms with E-state index < -0.39 is 23.5 Å². The minimum absolute atomic E-state index is 0. The molecule has 5 N–H and O–H groups in total. The third-order valence-corrected chi connectivity index (χ3v) is 3.77. The molecule has 0 aliphatic rings. The van der Waals surface area contributed by atoms with E-state index in [4.69, 9.17) is 24.5 Å². The number of phosphoric acid groups is 3. The van der Waals surface area contributed by atoms with Gasteiger partial charge in [0.15, 0.2) is 0 Å². The average molecular weight is 314 g/mol. The van der Waals surface area contributed by atoms with Crippen molar-refractivity contribution in [2.75, 3.05) is 0 Å². The maximum atomic E-state index is 10.4. The summed E-state index contributed by atoms with van der Waals surface area (Å²) in [6.45, 7) is 0. The molecule has 0 aromatic rings. The van der Waals surface area contributed by atoms with Gasteiger partial charge < -0.3 is 24.5 Å². The predicted octanol–water partition coefficient (Wildman–Crippen LogP) is -0.697. The molecule has 0 bridgehead atoms. The molecule has 14 heteroatoms. The molecular weight excluding hydrogens is 309 g/mol. The second-order valence-corrected chi connectivity index (χ2v) is 5.82. The van der Waals surface area contributed by atoms with E-state index in [0.717, 1.165) is 0 Å². The normalized spacial score (nSPS) is 13.5. The summed E-state index contributed by atoms with van der Waals surface area (Å²) >= 11 is 0. The van der Waals surface area contributed by atoms with Crippen molar-refractivity contribution >= 4 is 23.5 Å². The van der Waals surface area contributed by atoms with E-state index in [1.807, 2.05) is 0 Å². The molecule has 88 valence electrons. The molecule has 0 heterocycles. The van der Waals surface area contributed by atoms with Crippen LogP contribution in [0.3, 0.4) is 0 Å². The zero-order chi connectivity index (χ0) is 10.9. The molecule has 14 heavy (non-hydrogen) atoms. The molecule has 0 aliphatic carbocycles. The van der Waals surface area contributed by atoms with Gasteiger partial charge in [0.25, 0.3) is 0 Å². The van der Waals surface area contributed by atoms with E-state index in [2.05, 4.69) is 8.62 Å². The van der Waals surface area contributed by atoms with Crippen LogP contribution in [0.2, 0.25) is 0 Å². The van der Waals surface area contributed by atoms with Crippen molar-refractivity contribution in [3.05, 3.63) is 0 Å². The van der Waals surface area contributed by atoms with E-state index in [9.17, 15) is 13.7 Å². The van der Waals surface area contributed by atoms with Crippen LogP contribution in [0.5, 0.6) is 0 Å². The van der Waals surface area contributed by atoms with Gasteiger partial charge in [0.2, 0.25) is 0 Å². The van der Waals surface area contributed by atoms with E-state index in [0.29, 0.717) is 0 Å². The SMILES string of the molecule is O=P(O)(O)OP(=O)(O)OP(=O)(O)O.[Fe]. The quantitative estimate of drug-likeness (QED) is 0.330. The Balaban J connectivity index is 0. The third-order valence-electron chi connectivity index (χ3n) is 0.419. The zero-order valence-electron chi connectivity index (χ0n) is 5.97. The van der Waals surface area contributed by atoms with Gasteiger partial charge in [-0.2, -0.15) is 8.62 Å². The van der Waals surface area contributed by atoms with Crippen LogP contribution in [0, 0.1) is 0 Å². The van der Waals surface area contributed by atoms with Gasteiger partial charge in [-0.05, 0) is 0 Å². The van der Waals surface area contributed by atoms with Gasteiger partial charge in [-0.25, -0.2) is 13.7 Å². The summed E-state index contributed by atoms with van der Waals surface area (Å²) in [6.07, 6.45) is 0. The van der Waals surface area contributed by atoms with Crippen molar-refractivity contribution in [1.29, 1.82) is 0 Å². The van der Waals surface area contributed by atoms with Crippen LogP contribution in [0.15, 0.2) is 0 Å². The fourth-order valence-electron chi connectivity index (χ4n) is 0.284. The maximum Gasteiger partial charge on any atom is 0.490 e. The fourth-order valence-corrected chi connectivity index (χ4v) is 2.82. The van der Waals surface area contributed by atoms with Gasteiger partial charge in [-0.3, -0.25) is 0 Å². The molecular formula is H5FeO10P3. The minimum Gasteiger partial charge on any atom is -0.302 e. The molecule has 0 amide bonds. The molecule has 0 saturated carbocycles. The Bertz CT molecular complexity index is 277. The van der Waals surface area contributed by atoms with Crippen molar-refractivity contribution < 1.29 is 63.9 Å². The predicted molar refractivity (Wildman–Crippen MR) is 36.1 cm³/mol. The van der Waals surface area contributed by atoms with Gasteiger partial charge in [-0.15, -0.1) is 0 Å². The Morgan fingerprint density at radius 1 is 0.714 bits per heavy atom. The topological polar surface area (TPSA) is 171 Å². The zero-order valence-corrected chi connectivity index (χ0v) is 9.76. The van der Waals surface area contributed by atoms with E-state index in [-0.39, 0.29) is 17.1 Å². The first-order valence-corrected chi connectivity index (χ1v) is 6.83. The van der Waals surface area contributed by atoms with E-state index in [1.54, 1.807) is 0 Å². The molecule has 0 rings (SSSR count). The summed E-state index contributed by atoms with van der Waals surface area (Å²) in [5.74, 6) is 0. The molecule has 0 radical (unpaired) electrons. The molecule has 0 aromatic heterocycles. The fraction of sp³-hybridized carbons (Fsp3) is 0. The second-order valence-electron chi connectivity index (χ2n) is 1.61. The van der Waals surface area contributed by atoms with Gasteiger partial charge in [0, 0.05) is 17.1 Å². The van der Waals surface area contributed by atoms with E-state index >= 15 is 0 Å². The average Bonchev–Trinajstić information content (AvgIpc) is 1.43. The standard InChI is InChI=1S/Fe.H5O10P3/c;1-11(2,3)9-13(7,8)10-12(4,5)6/h;(H,7,8)(H2,1,2,3)(H2,4,5,6). The molecule has 0 aromatic carbocycles. The first-order chi connectivity index (χ1) is 5.41. The van der Waals surface area contributed by atoms with Crippen molar-refractivity contribution in [1.82, 2.24) is 0 Å². The van der Waals surface area contributed by atoms with Crippen LogP contribution in [-0.2, 0) is 39.4 Å². The second kappa shape index (κ2) is 5.32. The first-order valence-electron chi connectivity index (χ1n) is 2.28. The summed E-state index contributed by atoms with van der Waals surface area (Å²) in [5, 5.41) is 0. The Labute approximate surface area is 87.8 Å². The Hall–Kier alpha value is 0.929. The summed E-state index contributed by atoms with van der Waals surface area (Å²) < 4.78 is 36.4. The monoisotopic (exact) mass is 314 g/mol. The van der Waals surface area contributed by atoms with Crippen LogP contribution < -0.4 is 0 Å². The molecule has 0 fully saturated rings. The van der Waals surface area contributed by atoms with Crippen LogP contribution in [-0.4, -0.2) is 24.5 Å². The van der Waals surface area contributed by atoms with Crippen LogP contribution in [0.4, 0.5) is 0 Å². The van der Waals surface area contributed by atoms with Gasteiger partial charge in [-0.1, -0.05) is 0 Å². The molecule has 0 saturated heterocycles. The number of rotatable bonds is 4. The molecule has 0 unspecified atom stereocenters. The van der Waals surface area contributed by atoms with Crippen molar-refractivity contribution in [3.63, 3.8) is 0 Å². The summed E-state index contributed by atoms with van der Waals surface area (Å²) in [7, 11) is -16.2. The molecule has 0 spiro atoms. The Morgan fingerprint density at radius 3 is 1.07 bits per heavy atom. The number of hydrogen-bond donors (Lipinski definition) is 5. The summed E-state index contributed by atoms with van der Waals surface area (Å²) in [5.41, 5.74) is 0. The summed E-state index contributed by atoms with van der Waals surface area (Å²) in [4.78, 5) is 40.2. The molecule has 0 aliphatic heterocycles. The van der Waals surface area contributed by atoms with Gasteiger partial charge in [0.05, 0.1) is 0 Å². The Morgan fingerprint density at radius 2 is 0.929 bits per heavy atom. The van der Waals surface area contributed by atoms with Crippen LogP contribution in [0.25, 0.3) is 0 Å². The smallest absolute Gasteiger partial charge is 0.302 e. The van der Waals surface area contributed by atoms with Crippen molar-refractivity contribution in [3.8, 4) is 0 Å². The van der Waals surface area contributed by atoms with Gasteiger partial charge >= 0.3 is 23.5 Å². The van der Waals surface area contributed by atoms with Crippen molar-refractivity contribution in [2.24, 2.45) is 0 Å². The van der Waals surface area contributed by atoms with Crippen molar-refractivity contribution in [2.45, 2.75) is 0 Å². The van der Waals surface area contributed by atoms with Gasteiger partial charge in [0.1, 0.15) is 0 Å². The maximum absolute atomic E-state index is 10.4. The van der Waals surface area contributed by atoms with Crippen LogP contribution >= 0.6 is 23.5 Å². The summed E-state index contributed by atoms with van der Waals surface area (Å²) in [6, 6.07) is 0. The molecule has 0 atom stereocenters. The largest absolute Gasteiger partial charge is 0.490 e. The van der Waals surface area contributed by atoms with E-state index in [1.165, 1.54) is 0 Å². The third kappa shape index (κ3) is 11.0. The number of hydrogen-bond acceptors (Lipinski definition) is 5.